The molecule has 0 spiro atoms. The summed E-state index contributed by atoms with van der Waals surface area (Å²) in [5.41, 5.74) is 1.26. The molecule has 0 aliphatic heterocycles. The summed E-state index contributed by atoms with van der Waals surface area (Å²) < 4.78 is 24.3. The van der Waals surface area contributed by atoms with Crippen molar-refractivity contribution in [2.24, 2.45) is 0 Å². The monoisotopic (exact) mass is 309 g/mol. The van der Waals surface area contributed by atoms with Gasteiger partial charge < -0.3 is 14.8 Å². The maximum atomic E-state index is 13.8. The van der Waals surface area contributed by atoms with Crippen molar-refractivity contribution in [3.63, 3.8) is 0 Å². The molecule has 0 heterocycles. The van der Waals surface area contributed by atoms with E-state index in [-0.39, 0.29) is 11.9 Å². The van der Waals surface area contributed by atoms with Gasteiger partial charge in [-0.15, -0.1) is 0 Å². The third-order valence-electron chi connectivity index (χ3n) is 3.22. The molecule has 1 N–H and O–H groups in total. The van der Waals surface area contributed by atoms with Crippen LogP contribution >= 0.6 is 11.6 Å². The first-order valence-electron chi connectivity index (χ1n) is 6.49. The van der Waals surface area contributed by atoms with Crippen LogP contribution in [0.15, 0.2) is 36.4 Å². The fraction of sp³-hybridized carbons (Fsp3) is 0.250. The minimum absolute atomic E-state index is 0.232. The normalized spacial score (nSPS) is 11.9. The average molecular weight is 310 g/mol. The number of anilines is 1. The summed E-state index contributed by atoms with van der Waals surface area (Å²) in [4.78, 5) is 0. The second kappa shape index (κ2) is 6.68. The van der Waals surface area contributed by atoms with Crippen LogP contribution < -0.4 is 14.8 Å². The Morgan fingerprint density at radius 1 is 1.10 bits per heavy atom. The Morgan fingerprint density at radius 3 is 2.38 bits per heavy atom. The maximum absolute atomic E-state index is 13.8. The van der Waals surface area contributed by atoms with Crippen LogP contribution in [0.25, 0.3) is 0 Å². The van der Waals surface area contributed by atoms with Crippen LogP contribution in [-0.4, -0.2) is 14.2 Å². The quantitative estimate of drug-likeness (QED) is 0.870. The standard InChI is InChI=1S/C16H17ClFNO2/c1-10(11-6-4-5-7-13(11)18)19-14-8-12(17)15(20-2)9-16(14)21-3/h4-10,19H,1-3H3. The van der Waals surface area contributed by atoms with E-state index in [0.29, 0.717) is 27.8 Å². The zero-order valence-corrected chi connectivity index (χ0v) is 12.9. The molecule has 0 fully saturated rings. The number of hydrogen-bond donors (Lipinski definition) is 1. The van der Waals surface area contributed by atoms with E-state index in [2.05, 4.69) is 5.32 Å². The predicted octanol–water partition coefficient (Wildman–Crippen LogP) is 4.67. The summed E-state index contributed by atoms with van der Waals surface area (Å²) in [6.07, 6.45) is 0. The molecule has 3 nitrogen and oxygen atoms in total. The van der Waals surface area contributed by atoms with Crippen molar-refractivity contribution in [1.82, 2.24) is 0 Å². The van der Waals surface area contributed by atoms with Crippen molar-refractivity contribution in [1.29, 1.82) is 0 Å². The van der Waals surface area contributed by atoms with E-state index in [1.54, 1.807) is 37.4 Å². The van der Waals surface area contributed by atoms with Crippen LogP contribution in [0.4, 0.5) is 10.1 Å². The third kappa shape index (κ3) is 3.39. The lowest BCUT2D eigenvalue weighted by Crippen LogP contribution is -2.09. The van der Waals surface area contributed by atoms with E-state index in [1.807, 2.05) is 6.92 Å². The van der Waals surface area contributed by atoms with Gasteiger partial charge in [0.2, 0.25) is 0 Å². The minimum atomic E-state index is -0.254. The van der Waals surface area contributed by atoms with E-state index < -0.39 is 0 Å². The molecule has 5 heteroatoms. The topological polar surface area (TPSA) is 30.5 Å². The Morgan fingerprint density at radius 2 is 1.76 bits per heavy atom. The predicted molar refractivity (Wildman–Crippen MR) is 83.0 cm³/mol. The highest BCUT2D eigenvalue weighted by Gasteiger charge is 2.15. The highest BCUT2D eigenvalue weighted by Crippen LogP contribution is 2.37. The molecule has 1 unspecified atom stereocenters. The number of hydrogen-bond acceptors (Lipinski definition) is 3. The first-order valence-corrected chi connectivity index (χ1v) is 6.87. The molecule has 0 amide bonds. The number of rotatable bonds is 5. The summed E-state index contributed by atoms with van der Waals surface area (Å²) >= 11 is 6.12. The molecule has 0 aliphatic rings. The molecule has 2 aromatic carbocycles. The number of benzene rings is 2. The highest BCUT2D eigenvalue weighted by atomic mass is 35.5. The number of ether oxygens (including phenoxy) is 2. The second-order valence-corrected chi connectivity index (χ2v) is 4.98. The molecule has 0 saturated heterocycles. The van der Waals surface area contributed by atoms with Crippen LogP contribution in [0.1, 0.15) is 18.5 Å². The number of methoxy groups -OCH3 is 2. The van der Waals surface area contributed by atoms with E-state index in [0.717, 1.165) is 0 Å². The second-order valence-electron chi connectivity index (χ2n) is 4.57. The molecule has 21 heavy (non-hydrogen) atoms. The molecule has 2 rings (SSSR count). The molecule has 1 atom stereocenters. The lowest BCUT2D eigenvalue weighted by Gasteiger charge is -2.19. The summed E-state index contributed by atoms with van der Waals surface area (Å²) in [6.45, 7) is 1.87. The molecular weight excluding hydrogens is 293 g/mol. The Balaban J connectivity index is 2.31. The van der Waals surface area contributed by atoms with Gasteiger partial charge in [-0.05, 0) is 19.1 Å². The first-order chi connectivity index (χ1) is 10.1. The minimum Gasteiger partial charge on any atom is -0.495 e. The Labute approximate surface area is 128 Å². The van der Waals surface area contributed by atoms with Crippen molar-refractivity contribution in [3.8, 4) is 11.5 Å². The van der Waals surface area contributed by atoms with Crippen LogP contribution in [0, 0.1) is 5.82 Å². The van der Waals surface area contributed by atoms with Crippen molar-refractivity contribution in [3.05, 3.63) is 52.8 Å². The fourth-order valence-corrected chi connectivity index (χ4v) is 2.35. The third-order valence-corrected chi connectivity index (χ3v) is 3.51. The van der Waals surface area contributed by atoms with Crippen molar-refractivity contribution in [2.75, 3.05) is 19.5 Å². The van der Waals surface area contributed by atoms with Gasteiger partial charge in [-0.3, -0.25) is 0 Å². The van der Waals surface area contributed by atoms with Gasteiger partial charge in [0.05, 0.1) is 31.0 Å². The van der Waals surface area contributed by atoms with Gasteiger partial charge >= 0.3 is 0 Å². The maximum Gasteiger partial charge on any atom is 0.145 e. The SMILES string of the molecule is COc1cc(OC)c(NC(C)c2ccccc2F)cc1Cl. The molecular formula is C16H17ClFNO2. The molecule has 0 aromatic heterocycles. The van der Waals surface area contributed by atoms with E-state index in [1.165, 1.54) is 13.2 Å². The van der Waals surface area contributed by atoms with Gasteiger partial charge in [-0.1, -0.05) is 29.8 Å². The Kier molecular flexibility index (Phi) is 4.91. The summed E-state index contributed by atoms with van der Waals surface area (Å²) in [5.74, 6) is 0.855. The van der Waals surface area contributed by atoms with Gasteiger partial charge in [0.1, 0.15) is 17.3 Å². The molecule has 0 bridgehead atoms. The number of halogens is 2. The summed E-state index contributed by atoms with van der Waals surface area (Å²) in [7, 11) is 3.09. The zero-order chi connectivity index (χ0) is 15.4. The first kappa shape index (κ1) is 15.4. The van der Waals surface area contributed by atoms with Gasteiger partial charge in [-0.2, -0.15) is 0 Å². The van der Waals surface area contributed by atoms with Gasteiger partial charge in [0.15, 0.2) is 0 Å². The van der Waals surface area contributed by atoms with E-state index >= 15 is 0 Å². The van der Waals surface area contributed by atoms with Crippen molar-refractivity contribution >= 4 is 17.3 Å². The lowest BCUT2D eigenvalue weighted by atomic mass is 10.1. The lowest BCUT2D eigenvalue weighted by molar-refractivity contribution is 0.395. The Bertz CT molecular complexity index is 634. The van der Waals surface area contributed by atoms with Gasteiger partial charge in [0.25, 0.3) is 0 Å². The smallest absolute Gasteiger partial charge is 0.145 e. The van der Waals surface area contributed by atoms with Gasteiger partial charge in [-0.25, -0.2) is 4.39 Å². The fourth-order valence-electron chi connectivity index (χ4n) is 2.11. The highest BCUT2D eigenvalue weighted by molar-refractivity contribution is 6.32. The Hall–Kier alpha value is -1.94. The van der Waals surface area contributed by atoms with Crippen LogP contribution in [0.2, 0.25) is 5.02 Å². The largest absolute Gasteiger partial charge is 0.495 e. The average Bonchev–Trinajstić information content (AvgIpc) is 2.48. The zero-order valence-electron chi connectivity index (χ0n) is 12.1. The van der Waals surface area contributed by atoms with E-state index in [4.69, 9.17) is 21.1 Å². The molecule has 0 radical (unpaired) electrons. The van der Waals surface area contributed by atoms with Crippen LogP contribution in [0.5, 0.6) is 11.5 Å². The molecule has 112 valence electrons. The van der Waals surface area contributed by atoms with Gasteiger partial charge in [0, 0.05) is 11.6 Å². The van der Waals surface area contributed by atoms with E-state index in [9.17, 15) is 4.39 Å². The summed E-state index contributed by atoms with van der Waals surface area (Å²) in [6, 6.07) is 9.81. The number of nitrogens with one attached hydrogen (secondary N) is 1. The van der Waals surface area contributed by atoms with Crippen molar-refractivity contribution < 1.29 is 13.9 Å². The summed E-state index contributed by atoms with van der Waals surface area (Å²) in [5, 5.41) is 3.67. The molecule has 2 aromatic rings. The molecule has 0 aliphatic carbocycles. The molecule has 0 saturated carbocycles. The van der Waals surface area contributed by atoms with Crippen LogP contribution in [-0.2, 0) is 0 Å². The van der Waals surface area contributed by atoms with Crippen LogP contribution in [0.3, 0.4) is 0 Å². The van der Waals surface area contributed by atoms with Crippen molar-refractivity contribution in [2.45, 2.75) is 13.0 Å².